The van der Waals surface area contributed by atoms with Gasteiger partial charge in [-0.05, 0) is 92.8 Å². The van der Waals surface area contributed by atoms with Crippen molar-refractivity contribution in [1.82, 2.24) is 0 Å². The molecule has 200 valence electrons. The summed E-state index contributed by atoms with van der Waals surface area (Å²) in [4.78, 5) is 12.0. The Morgan fingerprint density at radius 3 is 2.28 bits per heavy atom. The molecular formula is C25H32F3O6PS. The number of carbonyl (C=O) groups is 1. The second-order valence-corrected chi connectivity index (χ2v) is 12.4. The van der Waals surface area contributed by atoms with Gasteiger partial charge in [-0.1, -0.05) is 26.8 Å². The molecule has 0 radical (unpaired) electrons. The van der Waals surface area contributed by atoms with Crippen molar-refractivity contribution in [3.05, 3.63) is 46.5 Å². The van der Waals surface area contributed by atoms with E-state index in [0.29, 0.717) is 25.3 Å². The Morgan fingerprint density at radius 2 is 1.72 bits per heavy atom. The minimum atomic E-state index is -5.89. The summed E-state index contributed by atoms with van der Waals surface area (Å²) in [5.74, 6) is -1.07. The van der Waals surface area contributed by atoms with Crippen molar-refractivity contribution in [3.8, 4) is 16.9 Å². The maximum atomic E-state index is 13.0. The summed E-state index contributed by atoms with van der Waals surface area (Å²) < 4.78 is 71.9. The summed E-state index contributed by atoms with van der Waals surface area (Å²) in [6.07, 6.45) is 2.68. The molecule has 0 saturated heterocycles. The number of esters is 1. The summed E-state index contributed by atoms with van der Waals surface area (Å²) in [5, 5.41) is 9.72. The van der Waals surface area contributed by atoms with Crippen LogP contribution in [0.1, 0.15) is 49.4 Å². The van der Waals surface area contributed by atoms with Crippen molar-refractivity contribution >= 4 is 30.0 Å². The lowest BCUT2D eigenvalue weighted by atomic mass is 9.88. The molecule has 1 N–H and O–H groups in total. The third-order valence-corrected chi connectivity index (χ3v) is 7.75. The molecule has 36 heavy (non-hydrogen) atoms. The first-order valence-corrected chi connectivity index (χ1v) is 13.9. The quantitative estimate of drug-likeness (QED) is 0.246. The van der Waals surface area contributed by atoms with Crippen LogP contribution in [0.2, 0.25) is 0 Å². The van der Waals surface area contributed by atoms with E-state index in [1.54, 1.807) is 33.8 Å². The smallest absolute Gasteiger partial charge is 0.469 e. The average Bonchev–Trinajstić information content (AvgIpc) is 2.75. The Labute approximate surface area is 212 Å². The molecule has 0 aromatic heterocycles. The van der Waals surface area contributed by atoms with Gasteiger partial charge in [-0.3, -0.25) is 4.79 Å². The molecular weight excluding hydrogens is 516 g/mol. The molecule has 0 spiro atoms. The van der Waals surface area contributed by atoms with Crippen LogP contribution in [-0.2, 0) is 32.5 Å². The highest BCUT2D eigenvalue weighted by Crippen LogP contribution is 2.41. The van der Waals surface area contributed by atoms with E-state index in [-0.39, 0.29) is 12.0 Å². The molecule has 6 nitrogen and oxygen atoms in total. The summed E-state index contributed by atoms with van der Waals surface area (Å²) in [6.45, 7) is 8.78. The molecule has 1 unspecified atom stereocenters. The summed E-state index contributed by atoms with van der Waals surface area (Å²) in [5.41, 5.74) is -2.45. The Balaban J connectivity index is 0.000000830. The molecule has 1 aliphatic rings. The van der Waals surface area contributed by atoms with E-state index in [0.717, 1.165) is 30.1 Å². The van der Waals surface area contributed by atoms with E-state index >= 15 is 0 Å². The zero-order valence-electron chi connectivity index (χ0n) is 21.2. The number of aryl methyl sites for hydroxylation is 1. The van der Waals surface area contributed by atoms with Gasteiger partial charge < -0.3 is 14.0 Å². The Kier molecular flexibility index (Phi) is 9.59. The molecule has 2 aromatic rings. The topological polar surface area (TPSA) is 89.9 Å². The number of carbonyl (C=O) groups excluding carboxylic acids is 1. The van der Waals surface area contributed by atoms with Crippen LogP contribution >= 0.6 is 8.58 Å². The molecule has 0 saturated carbocycles. The predicted molar refractivity (Wildman–Crippen MR) is 136 cm³/mol. The van der Waals surface area contributed by atoms with Crippen LogP contribution in [0.4, 0.5) is 13.2 Å². The molecule has 2 aromatic carbocycles. The normalized spacial score (nSPS) is 14.5. The Hall–Kier alpha value is -2.16. The van der Waals surface area contributed by atoms with Gasteiger partial charge in [-0.15, -0.1) is 0 Å². The number of fused-ring (bicyclic) bond motifs is 1. The largest absolute Gasteiger partial charge is 0.534 e. The summed E-state index contributed by atoms with van der Waals surface area (Å²) in [6, 6.07) is 6.30. The number of benzene rings is 2. The molecule has 11 heteroatoms. The molecule has 1 heterocycles. The highest BCUT2D eigenvalue weighted by molar-refractivity contribution is 7.88. The number of ether oxygens (including phenoxy) is 1. The van der Waals surface area contributed by atoms with Crippen LogP contribution in [0, 0.1) is 13.8 Å². The number of hydrogen-bond acceptors (Lipinski definition) is 6. The van der Waals surface area contributed by atoms with Crippen molar-refractivity contribution in [2.45, 2.75) is 65.0 Å². The van der Waals surface area contributed by atoms with Crippen LogP contribution in [-0.4, -0.2) is 43.9 Å². The minimum absolute atomic E-state index is 0.160. The van der Waals surface area contributed by atoms with Crippen molar-refractivity contribution in [2.75, 3.05) is 13.3 Å². The van der Waals surface area contributed by atoms with Gasteiger partial charge in [-0.2, -0.15) is 21.6 Å². The Morgan fingerprint density at radius 1 is 1.11 bits per heavy atom. The van der Waals surface area contributed by atoms with Crippen LogP contribution in [0.25, 0.3) is 11.1 Å². The van der Waals surface area contributed by atoms with Crippen molar-refractivity contribution in [1.29, 1.82) is 0 Å². The number of alkyl halides is 3. The Bertz CT molecular complexity index is 1210. The third kappa shape index (κ3) is 7.67. The first kappa shape index (κ1) is 30.1. The highest BCUT2D eigenvalue weighted by atomic mass is 32.2. The number of rotatable bonds is 5. The van der Waals surface area contributed by atoms with E-state index in [9.17, 15) is 26.4 Å². The second kappa shape index (κ2) is 11.5. The van der Waals surface area contributed by atoms with E-state index in [1.165, 1.54) is 24.5 Å². The van der Waals surface area contributed by atoms with Gasteiger partial charge in [0.25, 0.3) is 0 Å². The lowest BCUT2D eigenvalue weighted by molar-refractivity contribution is -0.139. The van der Waals surface area contributed by atoms with Gasteiger partial charge in [0.2, 0.25) is 0 Å². The van der Waals surface area contributed by atoms with E-state index in [4.69, 9.17) is 9.84 Å². The SMILES string of the molecule is CC(C)(C)O.COC(=O)Cc1c(C)ccc(OS(=O)(=O)C(F)(F)F)c1-c1ccc2c(c1C)CCCP2. The van der Waals surface area contributed by atoms with Crippen LogP contribution in [0.5, 0.6) is 5.75 Å². The van der Waals surface area contributed by atoms with Crippen molar-refractivity contribution in [2.24, 2.45) is 0 Å². The maximum absolute atomic E-state index is 13.0. The zero-order valence-corrected chi connectivity index (χ0v) is 23.0. The number of halogens is 3. The standard InChI is InChI=1S/C21H22F3O5PS.C4H10O/c1-12-6-8-17(29-31(26,27)21(22,23)24)20(16(12)11-19(25)28-3)15-7-9-18-14(13(15)2)5-4-10-30-18;1-4(2,3)5/h6-9,30H,4-5,10-11H2,1-3H3;5H,1-3H3. The van der Waals surface area contributed by atoms with Gasteiger partial charge in [-0.25, -0.2) is 0 Å². The van der Waals surface area contributed by atoms with Crippen molar-refractivity contribution < 1.29 is 40.4 Å². The fourth-order valence-corrected chi connectivity index (χ4v) is 5.53. The summed E-state index contributed by atoms with van der Waals surface area (Å²) in [7, 11) is -4.04. The molecule has 0 amide bonds. The first-order chi connectivity index (χ1) is 16.5. The van der Waals surface area contributed by atoms with E-state index in [2.05, 4.69) is 4.18 Å². The van der Waals surface area contributed by atoms with Gasteiger partial charge in [0.1, 0.15) is 0 Å². The monoisotopic (exact) mass is 548 g/mol. The van der Waals surface area contributed by atoms with Crippen molar-refractivity contribution in [3.63, 3.8) is 0 Å². The lowest BCUT2D eigenvalue weighted by Crippen LogP contribution is -2.28. The number of hydrogen-bond donors (Lipinski definition) is 1. The molecule has 0 bridgehead atoms. The van der Waals surface area contributed by atoms with Gasteiger partial charge in [0.05, 0.1) is 19.1 Å². The maximum Gasteiger partial charge on any atom is 0.534 e. The molecule has 1 aliphatic heterocycles. The van der Waals surface area contributed by atoms with Gasteiger partial charge in [0, 0.05) is 5.56 Å². The van der Waals surface area contributed by atoms with Gasteiger partial charge >= 0.3 is 21.6 Å². The minimum Gasteiger partial charge on any atom is -0.469 e. The predicted octanol–water partition coefficient (Wildman–Crippen LogP) is 4.94. The fraction of sp³-hybridized carbons (Fsp3) is 0.480. The molecule has 0 aliphatic carbocycles. The van der Waals surface area contributed by atoms with Gasteiger partial charge in [0.15, 0.2) is 5.75 Å². The number of aliphatic hydroxyl groups is 1. The lowest BCUT2D eigenvalue weighted by Gasteiger charge is -2.23. The highest BCUT2D eigenvalue weighted by Gasteiger charge is 2.49. The van der Waals surface area contributed by atoms with E-state index in [1.807, 2.05) is 13.0 Å². The molecule has 3 rings (SSSR count). The van der Waals surface area contributed by atoms with Crippen LogP contribution < -0.4 is 9.49 Å². The zero-order chi connectivity index (χ0) is 27.5. The summed E-state index contributed by atoms with van der Waals surface area (Å²) >= 11 is 0. The fourth-order valence-electron chi connectivity index (χ4n) is 3.71. The first-order valence-electron chi connectivity index (χ1n) is 11.3. The molecule has 0 fully saturated rings. The molecule has 1 atom stereocenters. The average molecular weight is 549 g/mol. The third-order valence-electron chi connectivity index (χ3n) is 5.33. The van der Waals surface area contributed by atoms with Crippen LogP contribution in [0.3, 0.4) is 0 Å². The van der Waals surface area contributed by atoms with Crippen LogP contribution in [0.15, 0.2) is 24.3 Å². The second-order valence-electron chi connectivity index (χ2n) is 9.44. The number of methoxy groups -OCH3 is 1. The van der Waals surface area contributed by atoms with E-state index < -0.39 is 32.9 Å².